The van der Waals surface area contributed by atoms with Gasteiger partial charge < -0.3 is 20.9 Å². The van der Waals surface area contributed by atoms with E-state index in [9.17, 15) is 13.6 Å². The van der Waals surface area contributed by atoms with Crippen molar-refractivity contribution in [2.45, 2.75) is 30.3 Å². The number of likely N-dealkylation sites (N-methyl/N-ethyl adjacent to an activating group) is 1. The molecule has 9 heteroatoms. The Morgan fingerprint density at radius 1 is 1.26 bits per heavy atom. The summed E-state index contributed by atoms with van der Waals surface area (Å²) in [5.74, 6) is -2.46. The first-order valence-electron chi connectivity index (χ1n) is 10.4. The lowest BCUT2D eigenvalue weighted by atomic mass is 9.95. The molecule has 0 aromatic heterocycles. The molecule has 1 aromatic rings. The molecule has 2 fully saturated rings. The summed E-state index contributed by atoms with van der Waals surface area (Å²) in [6.45, 7) is 5.69. The van der Waals surface area contributed by atoms with Crippen molar-refractivity contribution in [1.82, 2.24) is 15.1 Å². The zero-order valence-corrected chi connectivity index (χ0v) is 18.5. The van der Waals surface area contributed by atoms with Gasteiger partial charge in [-0.25, -0.2) is 8.78 Å². The van der Waals surface area contributed by atoms with Crippen molar-refractivity contribution in [1.29, 1.82) is 0 Å². The molecule has 1 aromatic carbocycles. The molecule has 31 heavy (non-hydrogen) atoms. The number of carbonyl (C=O) groups excluding carboxylic acids is 1. The number of allylic oxidation sites excluding steroid dienone is 1. The fourth-order valence-electron chi connectivity index (χ4n) is 3.92. The number of thioether (sulfide) groups is 1. The third kappa shape index (κ3) is 4.40. The van der Waals surface area contributed by atoms with E-state index < -0.39 is 33.9 Å². The Morgan fingerprint density at radius 2 is 1.94 bits per heavy atom. The zero-order valence-electron chi connectivity index (χ0n) is 17.6. The Kier molecular flexibility index (Phi) is 6.18. The molecule has 3 N–H and O–H groups in total. The maximum Gasteiger partial charge on any atom is 0.188 e. The third-order valence-corrected chi connectivity index (χ3v) is 7.31. The van der Waals surface area contributed by atoms with Gasteiger partial charge in [0.05, 0.1) is 17.8 Å². The predicted molar refractivity (Wildman–Crippen MR) is 120 cm³/mol. The number of halogens is 2. The van der Waals surface area contributed by atoms with E-state index in [1.165, 1.54) is 11.8 Å². The molecule has 2 saturated heterocycles. The van der Waals surface area contributed by atoms with E-state index in [0.717, 1.165) is 56.5 Å². The van der Waals surface area contributed by atoms with Gasteiger partial charge in [-0.05, 0) is 38.6 Å². The Bertz CT molecular complexity index is 937. The van der Waals surface area contributed by atoms with Gasteiger partial charge in [0.1, 0.15) is 16.4 Å². The van der Waals surface area contributed by atoms with Crippen LogP contribution in [0.2, 0.25) is 0 Å². The van der Waals surface area contributed by atoms with Gasteiger partial charge in [-0.3, -0.25) is 9.79 Å². The van der Waals surface area contributed by atoms with E-state index in [1.54, 1.807) is 6.92 Å². The van der Waals surface area contributed by atoms with Gasteiger partial charge in [0.25, 0.3) is 0 Å². The van der Waals surface area contributed by atoms with E-state index in [2.05, 4.69) is 39.3 Å². The summed E-state index contributed by atoms with van der Waals surface area (Å²) >= 11 is 1.12. The molecule has 3 aliphatic rings. The monoisotopic (exact) mass is 447 g/mol. The number of rotatable bonds is 4. The number of aliphatic imine (C=N–C) groups is 1. The van der Waals surface area contributed by atoms with E-state index >= 15 is 0 Å². The van der Waals surface area contributed by atoms with Crippen molar-refractivity contribution >= 4 is 22.7 Å². The summed E-state index contributed by atoms with van der Waals surface area (Å²) in [6, 6.07) is 3.30. The number of nitrogens with two attached hydrogens (primary N) is 1. The Balaban J connectivity index is 1.44. The van der Waals surface area contributed by atoms with Crippen LogP contribution in [0.3, 0.4) is 0 Å². The second kappa shape index (κ2) is 8.72. The fraction of sp³-hybridized carbons (Fsp3) is 0.455. The predicted octanol–water partition coefficient (Wildman–Crippen LogP) is 2.34. The molecule has 0 radical (unpaired) electrons. The largest absolute Gasteiger partial charge is 0.369 e. The number of amidine groups is 1. The minimum absolute atomic E-state index is 0.0823. The Hall–Kier alpha value is -2.23. The summed E-state index contributed by atoms with van der Waals surface area (Å²) < 4.78 is 27.0. The maximum absolute atomic E-state index is 14.1. The summed E-state index contributed by atoms with van der Waals surface area (Å²) in [6.07, 6.45) is 6.24. The summed E-state index contributed by atoms with van der Waals surface area (Å²) in [4.78, 5) is 22.4. The minimum Gasteiger partial charge on any atom is -0.369 e. The number of Topliss-reactive ketones (excluding diaryl/α,β-unsaturated/α-hetero) is 1. The van der Waals surface area contributed by atoms with E-state index in [0.29, 0.717) is 5.17 Å². The van der Waals surface area contributed by atoms with Crippen molar-refractivity contribution in [3.63, 3.8) is 0 Å². The highest BCUT2D eigenvalue weighted by Gasteiger charge is 2.49. The summed E-state index contributed by atoms with van der Waals surface area (Å²) in [5, 5.41) is 3.52. The quantitative estimate of drug-likeness (QED) is 0.691. The average Bonchev–Trinajstić information content (AvgIpc) is 3.03. The number of hydrogen-bond donors (Lipinski definition) is 2. The molecule has 0 bridgehead atoms. The number of hydrogen-bond acceptors (Lipinski definition) is 6. The molecular formula is C22H27F2N5OS. The number of nitrogens with zero attached hydrogens (tertiary/aromatic N) is 3. The first kappa shape index (κ1) is 22.0. The number of ketones is 1. The molecular weight excluding hydrogens is 420 g/mol. The first-order valence-corrected chi connectivity index (χ1v) is 11.2. The smallest absolute Gasteiger partial charge is 0.188 e. The molecule has 0 amide bonds. The highest BCUT2D eigenvalue weighted by atomic mass is 32.2. The van der Waals surface area contributed by atoms with Crippen LogP contribution >= 0.6 is 11.8 Å². The molecule has 6 nitrogen and oxygen atoms in total. The third-order valence-electron chi connectivity index (χ3n) is 6.03. The van der Waals surface area contributed by atoms with Crippen molar-refractivity contribution in [2.75, 3.05) is 33.2 Å². The van der Waals surface area contributed by atoms with Crippen LogP contribution in [0.5, 0.6) is 0 Å². The van der Waals surface area contributed by atoms with Crippen LogP contribution in [0.4, 0.5) is 8.78 Å². The number of piperazine rings is 1. The molecule has 4 rings (SSSR count). The first-order chi connectivity index (χ1) is 14.8. The molecule has 2 aliphatic heterocycles. The molecule has 3 unspecified atom stereocenters. The van der Waals surface area contributed by atoms with Crippen LogP contribution in [0, 0.1) is 11.6 Å². The lowest BCUT2D eigenvalue weighted by Crippen LogP contribution is -2.51. The Morgan fingerprint density at radius 3 is 2.55 bits per heavy atom. The van der Waals surface area contributed by atoms with Crippen molar-refractivity contribution in [3.8, 4) is 0 Å². The van der Waals surface area contributed by atoms with E-state index in [-0.39, 0.29) is 6.04 Å². The molecule has 166 valence electrons. The highest BCUT2D eigenvalue weighted by Crippen LogP contribution is 2.38. The van der Waals surface area contributed by atoms with Crippen LogP contribution < -0.4 is 11.1 Å². The fourth-order valence-corrected chi connectivity index (χ4v) is 5.08. The Labute approximate surface area is 185 Å². The summed E-state index contributed by atoms with van der Waals surface area (Å²) in [5.41, 5.74) is 6.81. The van der Waals surface area contributed by atoms with Crippen LogP contribution in [-0.4, -0.2) is 70.9 Å². The molecule has 1 aliphatic carbocycles. The number of carbonyl (C=O) groups is 1. The van der Waals surface area contributed by atoms with Crippen molar-refractivity contribution in [2.24, 2.45) is 10.7 Å². The lowest BCUT2D eigenvalue weighted by molar-refractivity contribution is 0.0929. The van der Waals surface area contributed by atoms with Crippen LogP contribution in [0.25, 0.3) is 0 Å². The van der Waals surface area contributed by atoms with Gasteiger partial charge in [0.2, 0.25) is 0 Å². The lowest BCUT2D eigenvalue weighted by Gasteiger charge is -2.35. The van der Waals surface area contributed by atoms with Gasteiger partial charge in [-0.1, -0.05) is 30.0 Å². The number of nitrogens with one attached hydrogen (secondary N) is 1. The molecule has 2 heterocycles. The normalized spacial score (nSPS) is 30.4. The van der Waals surface area contributed by atoms with Gasteiger partial charge in [-0.2, -0.15) is 0 Å². The SMILES string of the molecule is CN1CCN(C2=CCC(N=C3NC(N)C(C)(C(=O)c4c(F)cccc4F)S3)C=C2)CC1. The van der Waals surface area contributed by atoms with Gasteiger partial charge in [0, 0.05) is 31.9 Å². The average molecular weight is 448 g/mol. The molecule has 0 saturated carbocycles. The molecule has 0 spiro atoms. The second-order valence-electron chi connectivity index (χ2n) is 8.27. The van der Waals surface area contributed by atoms with Crippen LogP contribution in [0.15, 0.2) is 47.1 Å². The van der Waals surface area contributed by atoms with Gasteiger partial charge in [-0.15, -0.1) is 0 Å². The van der Waals surface area contributed by atoms with Crippen LogP contribution in [-0.2, 0) is 0 Å². The topological polar surface area (TPSA) is 74.0 Å². The zero-order chi connectivity index (χ0) is 22.2. The number of benzene rings is 1. The van der Waals surface area contributed by atoms with Gasteiger partial charge in [0.15, 0.2) is 11.0 Å². The van der Waals surface area contributed by atoms with Crippen molar-refractivity contribution < 1.29 is 13.6 Å². The highest BCUT2D eigenvalue weighted by molar-refractivity contribution is 8.16. The summed E-state index contributed by atoms with van der Waals surface area (Å²) in [7, 11) is 2.13. The van der Waals surface area contributed by atoms with E-state index in [4.69, 9.17) is 5.73 Å². The second-order valence-corrected chi connectivity index (χ2v) is 9.71. The maximum atomic E-state index is 14.1. The minimum atomic E-state index is -1.26. The van der Waals surface area contributed by atoms with Crippen LogP contribution in [0.1, 0.15) is 23.7 Å². The van der Waals surface area contributed by atoms with Crippen molar-refractivity contribution in [3.05, 3.63) is 59.3 Å². The standard InChI is InChI=1S/C22H27F2N5OS/c1-22(19(30)18-16(23)4-3-5-17(18)24)20(25)27-21(31-22)26-14-6-8-15(9-7-14)29-12-10-28(2)11-13-29/h3-6,8-9,14,20H,7,10-13,25H2,1-2H3,(H,26,27). The van der Waals surface area contributed by atoms with E-state index in [1.807, 2.05) is 6.08 Å². The molecule has 3 atom stereocenters. The van der Waals surface area contributed by atoms with Gasteiger partial charge >= 0.3 is 0 Å².